The zero-order chi connectivity index (χ0) is 12.6. The molecule has 0 unspecified atom stereocenters. The highest BCUT2D eigenvalue weighted by atomic mass is 79.9. The van der Waals surface area contributed by atoms with Crippen LogP contribution in [-0.4, -0.2) is 9.55 Å². The van der Waals surface area contributed by atoms with E-state index >= 15 is 0 Å². The quantitative estimate of drug-likeness (QED) is 0.821. The lowest BCUT2D eigenvalue weighted by Gasteiger charge is -2.13. The Kier molecular flexibility index (Phi) is 3.31. The van der Waals surface area contributed by atoms with Crippen LogP contribution in [0.5, 0.6) is 0 Å². The Bertz CT molecular complexity index is 664. The summed E-state index contributed by atoms with van der Waals surface area (Å²) in [7, 11) is 0. The fraction of sp³-hybridized carbons (Fsp3) is 0.167. The summed E-state index contributed by atoms with van der Waals surface area (Å²) in [5, 5.41) is 0. The lowest BCUT2D eigenvalue weighted by molar-refractivity contribution is 0.920. The molecule has 0 saturated heterocycles. The van der Waals surface area contributed by atoms with E-state index in [-0.39, 0.29) is 5.56 Å². The van der Waals surface area contributed by atoms with Crippen molar-refractivity contribution in [1.82, 2.24) is 9.55 Å². The maximum Gasteiger partial charge on any atom is 0.251 e. The Morgan fingerprint density at radius 1 is 1.29 bits per heavy atom. The number of nitrogens with zero attached hydrogens (tertiary/aromatic N) is 1. The van der Waals surface area contributed by atoms with E-state index in [1.165, 1.54) is 6.07 Å². The van der Waals surface area contributed by atoms with Gasteiger partial charge in [0.2, 0.25) is 0 Å². The minimum atomic E-state index is -0.182. The lowest BCUT2D eigenvalue weighted by atomic mass is 10.1. The highest BCUT2D eigenvalue weighted by Crippen LogP contribution is 2.23. The number of aromatic amines is 1. The zero-order valence-electron chi connectivity index (χ0n) is 9.45. The van der Waals surface area contributed by atoms with Crippen LogP contribution in [-0.2, 0) is 0 Å². The van der Waals surface area contributed by atoms with Crippen molar-refractivity contribution < 1.29 is 0 Å². The third-order valence-corrected chi connectivity index (χ3v) is 3.28. The van der Waals surface area contributed by atoms with E-state index in [0.29, 0.717) is 4.77 Å². The van der Waals surface area contributed by atoms with E-state index in [2.05, 4.69) is 20.9 Å². The number of halogens is 1. The smallest absolute Gasteiger partial charge is 0.251 e. The fourth-order valence-electron chi connectivity index (χ4n) is 1.88. The second-order valence-corrected chi connectivity index (χ2v) is 5.17. The van der Waals surface area contributed by atoms with E-state index in [4.69, 9.17) is 12.2 Å². The van der Waals surface area contributed by atoms with Gasteiger partial charge in [0.1, 0.15) is 0 Å². The lowest BCUT2D eigenvalue weighted by Crippen LogP contribution is -2.11. The third kappa shape index (κ3) is 2.40. The number of hydrogen-bond acceptors (Lipinski definition) is 2. The van der Waals surface area contributed by atoms with Gasteiger partial charge in [-0.05, 0) is 49.3 Å². The summed E-state index contributed by atoms with van der Waals surface area (Å²) in [5.74, 6) is 0. The van der Waals surface area contributed by atoms with E-state index < -0.39 is 0 Å². The summed E-state index contributed by atoms with van der Waals surface area (Å²) in [6, 6.07) is 5.52. The number of H-pyrrole nitrogens is 1. The normalized spacial score (nSPS) is 10.5. The number of rotatable bonds is 1. The first-order valence-corrected chi connectivity index (χ1v) is 6.28. The molecule has 1 heterocycles. The molecule has 1 aromatic carbocycles. The van der Waals surface area contributed by atoms with Crippen molar-refractivity contribution in [2.45, 2.75) is 13.8 Å². The summed E-state index contributed by atoms with van der Waals surface area (Å²) in [4.78, 5) is 13.8. The zero-order valence-corrected chi connectivity index (χ0v) is 11.9. The minimum absolute atomic E-state index is 0.182. The molecule has 0 spiro atoms. The van der Waals surface area contributed by atoms with E-state index in [0.717, 1.165) is 21.3 Å². The molecule has 2 aromatic rings. The van der Waals surface area contributed by atoms with Crippen LogP contribution >= 0.6 is 28.1 Å². The third-order valence-electron chi connectivity index (χ3n) is 2.52. The minimum Gasteiger partial charge on any atom is -0.299 e. The Balaban J connectivity index is 2.77. The number of nitrogens with one attached hydrogen (secondary N) is 1. The molecule has 1 N–H and O–H groups in total. The molecule has 0 aliphatic rings. The Morgan fingerprint density at radius 2 is 1.88 bits per heavy atom. The van der Waals surface area contributed by atoms with E-state index in [9.17, 15) is 4.79 Å². The maximum atomic E-state index is 11.2. The number of hydrogen-bond donors (Lipinski definition) is 1. The molecule has 0 bridgehead atoms. The highest BCUT2D eigenvalue weighted by Gasteiger charge is 2.06. The molecule has 2 rings (SSSR count). The Morgan fingerprint density at radius 3 is 2.41 bits per heavy atom. The first-order valence-electron chi connectivity index (χ1n) is 5.08. The molecule has 0 saturated carbocycles. The highest BCUT2D eigenvalue weighted by molar-refractivity contribution is 9.10. The molecule has 0 atom stereocenters. The predicted octanol–water partition coefficient (Wildman–Crippen LogP) is 3.27. The molecule has 88 valence electrons. The van der Waals surface area contributed by atoms with Crippen LogP contribution in [0.15, 0.2) is 33.7 Å². The van der Waals surface area contributed by atoms with Crippen molar-refractivity contribution in [3.8, 4) is 5.69 Å². The Hall–Kier alpha value is -1.20. The molecule has 1 aromatic heterocycles. The second-order valence-electron chi connectivity index (χ2n) is 3.87. The number of benzene rings is 1. The molecule has 0 amide bonds. The molecule has 0 aliphatic heterocycles. The van der Waals surface area contributed by atoms with Crippen LogP contribution in [0, 0.1) is 18.6 Å². The van der Waals surface area contributed by atoms with Crippen LogP contribution < -0.4 is 5.56 Å². The van der Waals surface area contributed by atoms with Gasteiger partial charge in [-0.3, -0.25) is 14.3 Å². The van der Waals surface area contributed by atoms with Crippen molar-refractivity contribution >= 4 is 28.1 Å². The van der Waals surface area contributed by atoms with Gasteiger partial charge < -0.3 is 0 Å². The first-order chi connectivity index (χ1) is 7.99. The summed E-state index contributed by atoms with van der Waals surface area (Å²) in [6.45, 7) is 4.03. The second kappa shape index (κ2) is 4.58. The van der Waals surface area contributed by atoms with Gasteiger partial charge in [-0.2, -0.15) is 0 Å². The van der Waals surface area contributed by atoms with Crippen molar-refractivity contribution in [2.24, 2.45) is 0 Å². The van der Waals surface area contributed by atoms with Gasteiger partial charge in [0.05, 0.1) is 5.69 Å². The van der Waals surface area contributed by atoms with Gasteiger partial charge in [0.25, 0.3) is 5.56 Å². The molecular formula is C12H11BrN2OS. The standard InChI is InChI=1S/C12H11BrN2OS/c1-7-5-9(13)6-8(2)11(7)15-4-3-10(16)14-12(15)17/h3-6H,1-2H3,(H,14,16,17). The number of aromatic nitrogens is 2. The maximum absolute atomic E-state index is 11.2. The number of aryl methyl sites for hydroxylation is 2. The fourth-order valence-corrected chi connectivity index (χ4v) is 2.82. The van der Waals surface area contributed by atoms with Crippen molar-refractivity contribution in [3.05, 3.63) is 55.1 Å². The average molecular weight is 311 g/mol. The Labute approximate surface area is 112 Å². The van der Waals surface area contributed by atoms with Crippen LogP contribution in [0.25, 0.3) is 5.69 Å². The van der Waals surface area contributed by atoms with Crippen molar-refractivity contribution in [1.29, 1.82) is 0 Å². The molecule has 0 aliphatic carbocycles. The summed E-state index contributed by atoms with van der Waals surface area (Å²) < 4.78 is 3.26. The largest absolute Gasteiger partial charge is 0.299 e. The molecule has 17 heavy (non-hydrogen) atoms. The summed E-state index contributed by atoms with van der Waals surface area (Å²) >= 11 is 8.63. The van der Waals surface area contributed by atoms with Crippen molar-refractivity contribution in [3.63, 3.8) is 0 Å². The van der Waals surface area contributed by atoms with Gasteiger partial charge in [-0.25, -0.2) is 0 Å². The van der Waals surface area contributed by atoms with Crippen LogP contribution in [0.3, 0.4) is 0 Å². The monoisotopic (exact) mass is 310 g/mol. The van der Waals surface area contributed by atoms with Gasteiger partial charge >= 0.3 is 0 Å². The van der Waals surface area contributed by atoms with E-state index in [1.807, 2.05) is 30.5 Å². The van der Waals surface area contributed by atoms with Crippen LogP contribution in [0.2, 0.25) is 0 Å². The summed E-state index contributed by atoms with van der Waals surface area (Å²) in [6.07, 6.45) is 1.70. The average Bonchev–Trinajstić information content (AvgIpc) is 2.19. The molecule has 3 nitrogen and oxygen atoms in total. The van der Waals surface area contributed by atoms with Crippen molar-refractivity contribution in [2.75, 3.05) is 0 Å². The predicted molar refractivity (Wildman–Crippen MR) is 74.4 cm³/mol. The van der Waals surface area contributed by atoms with E-state index in [1.54, 1.807) is 6.20 Å². The van der Waals surface area contributed by atoms with Crippen LogP contribution in [0.1, 0.15) is 11.1 Å². The molecule has 0 radical (unpaired) electrons. The SMILES string of the molecule is Cc1cc(Br)cc(C)c1-n1ccc(=O)[nH]c1=S. The molecule has 5 heteroatoms. The van der Waals surface area contributed by atoms with Gasteiger partial charge in [-0.15, -0.1) is 0 Å². The van der Waals surface area contributed by atoms with Crippen LogP contribution in [0.4, 0.5) is 0 Å². The first kappa shape index (κ1) is 12.3. The van der Waals surface area contributed by atoms with Gasteiger partial charge in [-0.1, -0.05) is 15.9 Å². The molecule has 0 fully saturated rings. The summed E-state index contributed by atoms with van der Waals surface area (Å²) in [5.41, 5.74) is 3.02. The molecular weight excluding hydrogens is 300 g/mol. The topological polar surface area (TPSA) is 37.8 Å². The van der Waals surface area contributed by atoms with Gasteiger partial charge in [0, 0.05) is 16.7 Å². The van der Waals surface area contributed by atoms with Gasteiger partial charge in [0.15, 0.2) is 4.77 Å².